The highest BCUT2D eigenvalue weighted by atomic mass is 16.5. The van der Waals surface area contributed by atoms with Crippen LogP contribution in [0.5, 0.6) is 5.75 Å². The lowest BCUT2D eigenvalue weighted by Crippen LogP contribution is -2.48. The summed E-state index contributed by atoms with van der Waals surface area (Å²) < 4.78 is 5.28. The largest absolute Gasteiger partial charge is 0.495 e. The van der Waals surface area contributed by atoms with Crippen molar-refractivity contribution in [2.24, 2.45) is 11.7 Å². The molecule has 1 atom stereocenters. The Balaban J connectivity index is 2.19. The predicted molar refractivity (Wildman–Crippen MR) is 71.6 cm³/mol. The van der Waals surface area contributed by atoms with Gasteiger partial charge in [-0.05, 0) is 31.4 Å². The molecule has 0 saturated heterocycles. The van der Waals surface area contributed by atoms with E-state index in [4.69, 9.17) is 10.5 Å². The van der Waals surface area contributed by atoms with E-state index in [0.29, 0.717) is 5.92 Å². The quantitative estimate of drug-likeness (QED) is 0.810. The lowest BCUT2D eigenvalue weighted by molar-refractivity contribution is -0.122. The first kappa shape index (κ1) is 12.7. The molecular formula is C14H20N2O2. The molecule has 1 amide bonds. The van der Waals surface area contributed by atoms with Gasteiger partial charge < -0.3 is 15.8 Å². The van der Waals surface area contributed by atoms with Gasteiger partial charge in [0.15, 0.2) is 0 Å². The first-order valence-electron chi connectivity index (χ1n) is 6.26. The molecule has 3 N–H and O–H groups in total. The first-order chi connectivity index (χ1) is 8.55. The summed E-state index contributed by atoms with van der Waals surface area (Å²) in [6.45, 7) is 1.86. The number of nitrogens with two attached hydrogens (primary N) is 1. The summed E-state index contributed by atoms with van der Waals surface area (Å²) in [6.07, 6.45) is 3.16. The first-order valence-corrected chi connectivity index (χ1v) is 6.26. The second kappa shape index (κ2) is 4.88. The van der Waals surface area contributed by atoms with E-state index in [1.165, 1.54) is 12.8 Å². The van der Waals surface area contributed by atoms with Gasteiger partial charge in [-0.15, -0.1) is 0 Å². The van der Waals surface area contributed by atoms with Gasteiger partial charge in [0.25, 0.3) is 0 Å². The highest BCUT2D eigenvalue weighted by molar-refractivity contribution is 5.88. The van der Waals surface area contributed by atoms with Gasteiger partial charge >= 0.3 is 0 Å². The molecular weight excluding hydrogens is 228 g/mol. The number of para-hydroxylation sites is 2. The second-order valence-electron chi connectivity index (χ2n) is 5.17. The number of carbonyl (C=O) groups is 1. The number of amides is 1. The van der Waals surface area contributed by atoms with E-state index in [9.17, 15) is 4.79 Å². The van der Waals surface area contributed by atoms with E-state index >= 15 is 0 Å². The van der Waals surface area contributed by atoms with Gasteiger partial charge in [0, 0.05) is 0 Å². The Morgan fingerprint density at radius 3 is 2.72 bits per heavy atom. The minimum Gasteiger partial charge on any atom is -0.495 e. The predicted octanol–water partition coefficient (Wildman–Crippen LogP) is 2.15. The zero-order valence-corrected chi connectivity index (χ0v) is 10.9. The third kappa shape index (κ3) is 2.75. The average Bonchev–Trinajstić information content (AvgIpc) is 3.13. The Morgan fingerprint density at radius 2 is 2.17 bits per heavy atom. The van der Waals surface area contributed by atoms with E-state index < -0.39 is 5.54 Å². The molecule has 0 aromatic heterocycles. The van der Waals surface area contributed by atoms with E-state index in [0.717, 1.165) is 17.9 Å². The fraction of sp³-hybridized carbons (Fsp3) is 0.500. The molecule has 1 aliphatic rings. The van der Waals surface area contributed by atoms with Crippen LogP contribution in [-0.2, 0) is 4.79 Å². The Kier molecular flexibility index (Phi) is 3.45. The van der Waals surface area contributed by atoms with E-state index in [2.05, 4.69) is 5.32 Å². The number of nitrogens with one attached hydrogen (secondary N) is 1. The molecule has 1 aliphatic carbocycles. The summed E-state index contributed by atoms with van der Waals surface area (Å²) in [4.78, 5) is 11.7. The van der Waals surface area contributed by atoms with Gasteiger partial charge in [0.2, 0.25) is 5.91 Å². The summed E-state index contributed by atoms with van der Waals surface area (Å²) in [7, 11) is 1.61. The maximum Gasteiger partial charge on any atom is 0.242 e. The molecule has 0 heterocycles. The smallest absolute Gasteiger partial charge is 0.242 e. The molecule has 4 nitrogen and oxygen atoms in total. The van der Waals surface area contributed by atoms with Crippen molar-refractivity contribution in [3.05, 3.63) is 24.3 Å². The zero-order valence-electron chi connectivity index (χ0n) is 10.9. The van der Waals surface area contributed by atoms with E-state index in [1.54, 1.807) is 7.11 Å². The summed E-state index contributed by atoms with van der Waals surface area (Å²) in [5.74, 6) is 1.02. The number of hydrogen-bond acceptors (Lipinski definition) is 3. The van der Waals surface area contributed by atoms with Gasteiger partial charge in [0.05, 0.1) is 12.8 Å². The van der Waals surface area contributed by atoms with Crippen LogP contribution in [-0.4, -0.2) is 18.6 Å². The molecule has 0 radical (unpaired) electrons. The molecule has 1 aromatic carbocycles. The maximum atomic E-state index is 11.7. The SMILES string of the molecule is COc1ccccc1NC(C)(CC1CC1)C(N)=O. The van der Waals surface area contributed by atoms with Gasteiger partial charge in [-0.2, -0.15) is 0 Å². The van der Waals surface area contributed by atoms with Crippen LogP contribution in [0.1, 0.15) is 26.2 Å². The molecule has 0 aliphatic heterocycles. The number of methoxy groups -OCH3 is 1. The van der Waals surface area contributed by atoms with Crippen LogP contribution in [0.4, 0.5) is 5.69 Å². The molecule has 0 bridgehead atoms. The van der Waals surface area contributed by atoms with Crippen LogP contribution in [0.15, 0.2) is 24.3 Å². The number of hydrogen-bond donors (Lipinski definition) is 2. The van der Waals surface area contributed by atoms with Crippen molar-refractivity contribution in [3.63, 3.8) is 0 Å². The molecule has 2 rings (SSSR count). The molecule has 4 heteroatoms. The maximum absolute atomic E-state index is 11.7. The van der Waals surface area contributed by atoms with Gasteiger partial charge in [-0.25, -0.2) is 0 Å². The number of anilines is 1. The van der Waals surface area contributed by atoms with E-state index in [-0.39, 0.29) is 5.91 Å². The lowest BCUT2D eigenvalue weighted by Gasteiger charge is -2.29. The third-order valence-electron chi connectivity index (χ3n) is 3.46. The lowest BCUT2D eigenvalue weighted by atomic mass is 9.93. The Hall–Kier alpha value is -1.71. The summed E-state index contributed by atoms with van der Waals surface area (Å²) in [5, 5.41) is 3.25. The average molecular weight is 248 g/mol. The number of benzene rings is 1. The number of rotatable bonds is 6. The fourth-order valence-corrected chi connectivity index (χ4v) is 2.16. The molecule has 1 fully saturated rings. The van der Waals surface area contributed by atoms with Crippen molar-refractivity contribution in [3.8, 4) is 5.75 Å². The minimum atomic E-state index is -0.713. The van der Waals surface area contributed by atoms with E-state index in [1.807, 2.05) is 31.2 Å². The molecule has 1 aromatic rings. The number of carbonyl (C=O) groups excluding carboxylic acids is 1. The molecule has 0 spiro atoms. The highest BCUT2D eigenvalue weighted by Gasteiger charge is 2.38. The number of primary amides is 1. The van der Waals surface area contributed by atoms with Crippen LogP contribution in [0.2, 0.25) is 0 Å². The van der Waals surface area contributed by atoms with Crippen molar-refractivity contribution < 1.29 is 9.53 Å². The zero-order chi connectivity index (χ0) is 13.2. The van der Waals surface area contributed by atoms with Gasteiger partial charge in [0.1, 0.15) is 11.3 Å². The van der Waals surface area contributed by atoms with Crippen LogP contribution in [0.25, 0.3) is 0 Å². The summed E-state index contributed by atoms with van der Waals surface area (Å²) in [5.41, 5.74) is 5.64. The molecule has 1 saturated carbocycles. The normalized spacial score (nSPS) is 17.9. The standard InChI is InChI=1S/C14H20N2O2/c1-14(13(15)17,9-10-7-8-10)16-11-5-3-4-6-12(11)18-2/h3-6,10,16H,7-9H2,1-2H3,(H2,15,17). The van der Waals surface area contributed by atoms with Crippen LogP contribution >= 0.6 is 0 Å². The van der Waals surface area contributed by atoms with Crippen molar-refractivity contribution in [1.82, 2.24) is 0 Å². The third-order valence-corrected chi connectivity index (χ3v) is 3.46. The van der Waals surface area contributed by atoms with Crippen molar-refractivity contribution in [2.45, 2.75) is 31.7 Å². The Labute approximate surface area is 108 Å². The Bertz CT molecular complexity index is 443. The van der Waals surface area contributed by atoms with Crippen LogP contribution < -0.4 is 15.8 Å². The van der Waals surface area contributed by atoms with Gasteiger partial charge in [-0.1, -0.05) is 25.0 Å². The van der Waals surface area contributed by atoms with Crippen molar-refractivity contribution in [2.75, 3.05) is 12.4 Å². The fourth-order valence-electron chi connectivity index (χ4n) is 2.16. The monoisotopic (exact) mass is 248 g/mol. The highest BCUT2D eigenvalue weighted by Crippen LogP contribution is 2.38. The van der Waals surface area contributed by atoms with Gasteiger partial charge in [-0.3, -0.25) is 4.79 Å². The molecule has 98 valence electrons. The minimum absolute atomic E-state index is 0.319. The topological polar surface area (TPSA) is 64.3 Å². The summed E-state index contributed by atoms with van der Waals surface area (Å²) >= 11 is 0. The van der Waals surface area contributed by atoms with Crippen LogP contribution in [0, 0.1) is 5.92 Å². The van der Waals surface area contributed by atoms with Crippen LogP contribution in [0.3, 0.4) is 0 Å². The molecule has 18 heavy (non-hydrogen) atoms. The summed E-state index contributed by atoms with van der Waals surface area (Å²) in [6, 6.07) is 7.56. The Morgan fingerprint density at radius 1 is 1.50 bits per heavy atom. The molecule has 1 unspecified atom stereocenters. The second-order valence-corrected chi connectivity index (χ2v) is 5.17. The number of ether oxygens (including phenoxy) is 1. The van der Waals surface area contributed by atoms with Crippen molar-refractivity contribution >= 4 is 11.6 Å². The van der Waals surface area contributed by atoms with Crippen molar-refractivity contribution in [1.29, 1.82) is 0 Å².